The highest BCUT2D eigenvalue weighted by Gasteiger charge is 2.03. The molecular weight excluding hydrogens is 218 g/mol. The second-order valence-electron chi connectivity index (χ2n) is 3.80. The van der Waals surface area contributed by atoms with Crippen molar-refractivity contribution in [3.05, 3.63) is 29.3 Å². The third-order valence-electron chi connectivity index (χ3n) is 2.20. The van der Waals surface area contributed by atoms with Crippen LogP contribution in [0.15, 0.2) is 23.1 Å². The number of thioether (sulfide) groups is 1. The number of nitriles is 1. The SMILES string of the molecule is CN(C)CCSc1ccc(CN)cc1C#N. The fraction of sp³-hybridized carbons (Fsp3) is 0.417. The van der Waals surface area contributed by atoms with Gasteiger partial charge in [0.15, 0.2) is 0 Å². The molecule has 16 heavy (non-hydrogen) atoms. The van der Waals surface area contributed by atoms with Crippen LogP contribution in [0.4, 0.5) is 0 Å². The molecule has 0 fully saturated rings. The Morgan fingerprint density at radius 1 is 1.44 bits per heavy atom. The van der Waals surface area contributed by atoms with Crippen molar-refractivity contribution in [1.29, 1.82) is 5.26 Å². The van der Waals surface area contributed by atoms with E-state index in [1.54, 1.807) is 11.8 Å². The zero-order valence-electron chi connectivity index (χ0n) is 9.73. The summed E-state index contributed by atoms with van der Waals surface area (Å²) in [5.41, 5.74) is 7.28. The minimum Gasteiger partial charge on any atom is -0.326 e. The molecule has 0 saturated carbocycles. The maximum Gasteiger partial charge on any atom is 0.100 e. The molecule has 1 rings (SSSR count). The summed E-state index contributed by atoms with van der Waals surface area (Å²) >= 11 is 1.71. The van der Waals surface area contributed by atoms with Crippen LogP contribution in [0.1, 0.15) is 11.1 Å². The number of benzene rings is 1. The Kier molecular flexibility index (Phi) is 5.33. The van der Waals surface area contributed by atoms with Gasteiger partial charge in [-0.3, -0.25) is 0 Å². The van der Waals surface area contributed by atoms with Crippen molar-refractivity contribution in [2.75, 3.05) is 26.4 Å². The third-order valence-corrected chi connectivity index (χ3v) is 3.25. The van der Waals surface area contributed by atoms with Gasteiger partial charge >= 0.3 is 0 Å². The van der Waals surface area contributed by atoms with Crippen LogP contribution >= 0.6 is 11.8 Å². The lowest BCUT2D eigenvalue weighted by molar-refractivity contribution is 0.437. The summed E-state index contributed by atoms with van der Waals surface area (Å²) in [5.74, 6) is 0.990. The summed E-state index contributed by atoms with van der Waals surface area (Å²) < 4.78 is 0. The summed E-state index contributed by atoms with van der Waals surface area (Å²) in [7, 11) is 4.09. The summed E-state index contributed by atoms with van der Waals surface area (Å²) in [6, 6.07) is 8.06. The molecule has 0 aliphatic carbocycles. The van der Waals surface area contributed by atoms with Gasteiger partial charge in [0, 0.05) is 23.7 Å². The van der Waals surface area contributed by atoms with Crippen molar-refractivity contribution in [3.63, 3.8) is 0 Å². The molecule has 0 aliphatic rings. The van der Waals surface area contributed by atoms with Gasteiger partial charge in [0.05, 0.1) is 5.56 Å². The lowest BCUT2D eigenvalue weighted by Crippen LogP contribution is -2.14. The summed E-state index contributed by atoms with van der Waals surface area (Å²) in [6.45, 7) is 1.49. The van der Waals surface area contributed by atoms with Crippen molar-refractivity contribution in [1.82, 2.24) is 4.90 Å². The van der Waals surface area contributed by atoms with E-state index >= 15 is 0 Å². The van der Waals surface area contributed by atoms with Gasteiger partial charge < -0.3 is 10.6 Å². The maximum atomic E-state index is 9.03. The normalized spacial score (nSPS) is 10.4. The lowest BCUT2D eigenvalue weighted by atomic mass is 10.1. The number of hydrogen-bond acceptors (Lipinski definition) is 4. The number of nitrogens with zero attached hydrogens (tertiary/aromatic N) is 2. The van der Waals surface area contributed by atoms with Crippen LogP contribution in [-0.4, -0.2) is 31.3 Å². The van der Waals surface area contributed by atoms with Crippen LogP contribution in [0.25, 0.3) is 0 Å². The highest BCUT2D eigenvalue weighted by atomic mass is 32.2. The van der Waals surface area contributed by atoms with E-state index in [1.165, 1.54) is 0 Å². The zero-order valence-corrected chi connectivity index (χ0v) is 10.5. The molecule has 0 aromatic heterocycles. The van der Waals surface area contributed by atoms with Crippen molar-refractivity contribution in [3.8, 4) is 6.07 Å². The molecule has 0 bridgehead atoms. The standard InChI is InChI=1S/C12H17N3S/c1-15(2)5-6-16-12-4-3-10(8-13)7-11(12)9-14/h3-4,7H,5-6,8,13H2,1-2H3. The van der Waals surface area contributed by atoms with Crippen molar-refractivity contribution < 1.29 is 0 Å². The first kappa shape index (κ1) is 13.0. The second kappa shape index (κ2) is 6.54. The molecule has 0 heterocycles. The predicted octanol–water partition coefficient (Wildman–Crippen LogP) is 1.67. The predicted molar refractivity (Wildman–Crippen MR) is 68.3 cm³/mol. The smallest absolute Gasteiger partial charge is 0.100 e. The van der Waals surface area contributed by atoms with Gasteiger partial charge in [-0.15, -0.1) is 11.8 Å². The molecule has 0 radical (unpaired) electrons. The lowest BCUT2D eigenvalue weighted by Gasteiger charge is -2.10. The molecule has 1 aromatic rings. The van der Waals surface area contributed by atoms with Crippen molar-refractivity contribution >= 4 is 11.8 Å². The number of hydrogen-bond donors (Lipinski definition) is 1. The molecule has 1 aromatic carbocycles. The molecule has 2 N–H and O–H groups in total. The van der Waals surface area contributed by atoms with E-state index in [2.05, 4.69) is 11.0 Å². The second-order valence-corrected chi connectivity index (χ2v) is 4.93. The summed E-state index contributed by atoms with van der Waals surface area (Å²) in [4.78, 5) is 3.18. The average Bonchev–Trinajstić information content (AvgIpc) is 2.29. The van der Waals surface area contributed by atoms with Gasteiger partial charge in [0.1, 0.15) is 6.07 Å². The first-order chi connectivity index (χ1) is 7.67. The largest absolute Gasteiger partial charge is 0.326 e. The topological polar surface area (TPSA) is 53.0 Å². The minimum absolute atomic E-state index is 0.483. The number of rotatable bonds is 5. The molecule has 0 spiro atoms. The fourth-order valence-electron chi connectivity index (χ4n) is 1.26. The highest BCUT2D eigenvalue weighted by Crippen LogP contribution is 2.23. The molecule has 0 saturated heterocycles. The van der Waals surface area contributed by atoms with Gasteiger partial charge in [-0.25, -0.2) is 0 Å². The molecule has 0 amide bonds. The van der Waals surface area contributed by atoms with Gasteiger partial charge in [0.2, 0.25) is 0 Å². The average molecular weight is 235 g/mol. The molecule has 4 heteroatoms. The van der Waals surface area contributed by atoms with Crippen molar-refractivity contribution in [2.24, 2.45) is 5.73 Å². The van der Waals surface area contributed by atoms with Crippen LogP contribution in [0.3, 0.4) is 0 Å². The Balaban J connectivity index is 2.69. The van der Waals surface area contributed by atoms with E-state index in [1.807, 2.05) is 32.3 Å². The van der Waals surface area contributed by atoms with Crippen LogP contribution in [0, 0.1) is 11.3 Å². The van der Waals surface area contributed by atoms with Gasteiger partial charge in [0.25, 0.3) is 0 Å². The minimum atomic E-state index is 0.483. The van der Waals surface area contributed by atoms with Crippen LogP contribution in [0.2, 0.25) is 0 Å². The Bertz CT molecular complexity index is 382. The molecule has 0 atom stereocenters. The van der Waals surface area contributed by atoms with Gasteiger partial charge in [-0.2, -0.15) is 5.26 Å². The van der Waals surface area contributed by atoms with Crippen LogP contribution in [-0.2, 0) is 6.54 Å². The Morgan fingerprint density at radius 2 is 2.19 bits per heavy atom. The first-order valence-corrected chi connectivity index (χ1v) is 6.16. The Morgan fingerprint density at radius 3 is 2.75 bits per heavy atom. The monoisotopic (exact) mass is 235 g/mol. The van der Waals surface area contributed by atoms with E-state index in [0.717, 1.165) is 28.3 Å². The third kappa shape index (κ3) is 3.86. The molecular formula is C12H17N3S. The number of nitrogens with two attached hydrogens (primary N) is 1. The molecule has 0 unspecified atom stereocenters. The molecule has 86 valence electrons. The first-order valence-electron chi connectivity index (χ1n) is 5.18. The van der Waals surface area contributed by atoms with E-state index in [4.69, 9.17) is 11.0 Å². The summed E-state index contributed by atoms with van der Waals surface area (Å²) in [5, 5.41) is 9.03. The van der Waals surface area contributed by atoms with E-state index in [0.29, 0.717) is 6.54 Å². The Labute approximate surface area is 101 Å². The van der Waals surface area contributed by atoms with Crippen LogP contribution < -0.4 is 5.73 Å². The van der Waals surface area contributed by atoms with E-state index < -0.39 is 0 Å². The van der Waals surface area contributed by atoms with Crippen LogP contribution in [0.5, 0.6) is 0 Å². The fourth-order valence-corrected chi connectivity index (χ4v) is 2.36. The molecule has 0 aliphatic heterocycles. The Hall–Kier alpha value is -1.02. The quantitative estimate of drug-likeness (QED) is 0.789. The zero-order chi connectivity index (χ0) is 12.0. The van der Waals surface area contributed by atoms with E-state index in [-0.39, 0.29) is 0 Å². The summed E-state index contributed by atoms with van der Waals surface area (Å²) in [6.07, 6.45) is 0. The molecule has 3 nitrogen and oxygen atoms in total. The van der Waals surface area contributed by atoms with Gasteiger partial charge in [-0.05, 0) is 31.8 Å². The van der Waals surface area contributed by atoms with E-state index in [9.17, 15) is 0 Å². The van der Waals surface area contributed by atoms with Gasteiger partial charge in [-0.1, -0.05) is 6.07 Å². The van der Waals surface area contributed by atoms with Crippen molar-refractivity contribution in [2.45, 2.75) is 11.4 Å². The maximum absolute atomic E-state index is 9.03. The highest BCUT2D eigenvalue weighted by molar-refractivity contribution is 7.99.